The highest BCUT2D eigenvalue weighted by Crippen LogP contribution is 2.23. The lowest BCUT2D eigenvalue weighted by molar-refractivity contribution is -0.112. The zero-order valence-electron chi connectivity index (χ0n) is 16.4. The number of rotatable bonds is 5. The Balaban J connectivity index is 1.82. The number of hydrogen-bond acceptors (Lipinski definition) is 3. The maximum Gasteiger partial charge on any atom is 0.266 e. The molecule has 1 aromatic heterocycles. The Morgan fingerprint density at radius 1 is 1.39 bits per heavy atom. The van der Waals surface area contributed by atoms with Crippen molar-refractivity contribution >= 4 is 17.7 Å². The fraction of sp³-hybridized carbons (Fsp3) is 0.364. The molecule has 6 heteroatoms. The number of aromatic nitrogens is 1. The molecule has 1 saturated heterocycles. The smallest absolute Gasteiger partial charge is 0.266 e. The van der Waals surface area contributed by atoms with Gasteiger partial charge in [0.15, 0.2) is 0 Å². The predicted octanol–water partition coefficient (Wildman–Crippen LogP) is 4.28. The first-order valence-corrected chi connectivity index (χ1v) is 9.36. The third-order valence-electron chi connectivity index (χ3n) is 5.12. The normalized spacial score (nSPS) is 16.8. The van der Waals surface area contributed by atoms with Gasteiger partial charge in [-0.25, -0.2) is 4.39 Å². The van der Waals surface area contributed by atoms with Crippen LogP contribution in [0.25, 0.3) is 6.08 Å². The highest BCUT2D eigenvalue weighted by atomic mass is 19.1. The summed E-state index contributed by atoms with van der Waals surface area (Å²) < 4.78 is 21.1. The number of anilines is 1. The Hall–Kier alpha value is -2.91. The van der Waals surface area contributed by atoms with E-state index >= 15 is 0 Å². The fourth-order valence-electron chi connectivity index (χ4n) is 3.51. The Morgan fingerprint density at radius 3 is 2.82 bits per heavy atom. The summed E-state index contributed by atoms with van der Waals surface area (Å²) in [5.74, 6) is -0.883. The minimum Gasteiger partial charge on any atom is -0.376 e. The molecule has 28 heavy (non-hydrogen) atoms. The number of amides is 1. The van der Waals surface area contributed by atoms with Crippen molar-refractivity contribution in [2.24, 2.45) is 0 Å². The number of benzene rings is 1. The average Bonchev–Trinajstić information content (AvgIpc) is 3.26. The molecule has 0 unspecified atom stereocenters. The molecule has 0 radical (unpaired) electrons. The number of nitrogens with one attached hydrogen (secondary N) is 1. The van der Waals surface area contributed by atoms with Gasteiger partial charge in [0.1, 0.15) is 17.5 Å². The zero-order chi connectivity index (χ0) is 20.3. The van der Waals surface area contributed by atoms with E-state index in [2.05, 4.69) is 9.88 Å². The van der Waals surface area contributed by atoms with Crippen LogP contribution >= 0.6 is 0 Å². The van der Waals surface area contributed by atoms with E-state index in [0.717, 1.165) is 42.9 Å². The average molecular weight is 381 g/mol. The number of ether oxygens (including phenoxy) is 1. The van der Waals surface area contributed by atoms with Crippen LogP contribution < -0.4 is 5.32 Å². The molecule has 1 amide bonds. The van der Waals surface area contributed by atoms with Crippen molar-refractivity contribution in [1.82, 2.24) is 4.57 Å². The molecule has 0 bridgehead atoms. The summed E-state index contributed by atoms with van der Waals surface area (Å²) in [7, 11) is 0. The van der Waals surface area contributed by atoms with Gasteiger partial charge in [-0.3, -0.25) is 4.79 Å². The molecular formula is C22H24FN3O2. The molecule has 1 fully saturated rings. The van der Waals surface area contributed by atoms with E-state index in [1.807, 2.05) is 26.0 Å². The van der Waals surface area contributed by atoms with Crippen LogP contribution in [0, 0.1) is 37.9 Å². The molecule has 2 heterocycles. The Bertz CT molecular complexity index is 963. The van der Waals surface area contributed by atoms with Crippen LogP contribution in [0.15, 0.2) is 29.8 Å². The molecule has 1 aliphatic rings. The van der Waals surface area contributed by atoms with Crippen molar-refractivity contribution < 1.29 is 13.9 Å². The lowest BCUT2D eigenvalue weighted by atomic mass is 10.1. The van der Waals surface area contributed by atoms with Crippen molar-refractivity contribution in [2.75, 3.05) is 11.9 Å². The number of carbonyl (C=O) groups excluding carboxylic acids is 1. The number of hydrogen-bond donors (Lipinski definition) is 1. The van der Waals surface area contributed by atoms with Crippen LogP contribution in [0.4, 0.5) is 10.1 Å². The highest BCUT2D eigenvalue weighted by Gasteiger charge is 2.19. The molecule has 0 saturated carbocycles. The van der Waals surface area contributed by atoms with Crippen molar-refractivity contribution in [3.05, 3.63) is 58.2 Å². The van der Waals surface area contributed by atoms with Gasteiger partial charge in [-0.1, -0.05) is 0 Å². The predicted molar refractivity (Wildman–Crippen MR) is 106 cm³/mol. The Labute approximate surface area is 164 Å². The van der Waals surface area contributed by atoms with Gasteiger partial charge in [0.25, 0.3) is 5.91 Å². The molecule has 3 rings (SSSR count). The molecule has 0 spiro atoms. The van der Waals surface area contributed by atoms with E-state index in [1.54, 1.807) is 13.0 Å². The maximum atomic E-state index is 13.2. The summed E-state index contributed by atoms with van der Waals surface area (Å²) in [6.07, 6.45) is 3.94. The van der Waals surface area contributed by atoms with Gasteiger partial charge in [0, 0.05) is 30.2 Å². The number of carbonyl (C=O) groups is 1. The van der Waals surface area contributed by atoms with Gasteiger partial charge in [0.2, 0.25) is 0 Å². The van der Waals surface area contributed by atoms with E-state index in [9.17, 15) is 14.4 Å². The summed E-state index contributed by atoms with van der Waals surface area (Å²) in [5.41, 5.74) is 3.97. The van der Waals surface area contributed by atoms with Crippen molar-refractivity contribution in [3.8, 4) is 6.07 Å². The van der Waals surface area contributed by atoms with Gasteiger partial charge >= 0.3 is 0 Å². The minimum absolute atomic E-state index is 0.00101. The third-order valence-corrected chi connectivity index (χ3v) is 5.12. The van der Waals surface area contributed by atoms with Gasteiger partial charge in [-0.05, 0) is 75.1 Å². The molecule has 1 atom stereocenters. The summed E-state index contributed by atoms with van der Waals surface area (Å²) in [6.45, 7) is 7.26. The fourth-order valence-corrected chi connectivity index (χ4v) is 3.51. The second kappa shape index (κ2) is 8.41. The first-order valence-electron chi connectivity index (χ1n) is 9.36. The first kappa shape index (κ1) is 19.8. The van der Waals surface area contributed by atoms with Crippen LogP contribution in [0.3, 0.4) is 0 Å². The number of halogens is 1. The monoisotopic (exact) mass is 381 g/mol. The molecule has 1 aromatic carbocycles. The summed E-state index contributed by atoms with van der Waals surface area (Å²) in [4.78, 5) is 12.5. The van der Waals surface area contributed by atoms with Crippen LogP contribution in [-0.4, -0.2) is 23.2 Å². The second-order valence-electron chi connectivity index (χ2n) is 7.16. The van der Waals surface area contributed by atoms with Crippen molar-refractivity contribution in [3.63, 3.8) is 0 Å². The van der Waals surface area contributed by atoms with Gasteiger partial charge in [-0.15, -0.1) is 0 Å². The topological polar surface area (TPSA) is 67.0 Å². The Morgan fingerprint density at radius 2 is 2.18 bits per heavy atom. The largest absolute Gasteiger partial charge is 0.376 e. The SMILES string of the molecule is Cc1cc(F)ccc1NC(=O)/C(C#N)=C/c1cc(C)n(C[C@H]2CCCO2)c1C. The lowest BCUT2D eigenvalue weighted by Gasteiger charge is -2.14. The maximum absolute atomic E-state index is 13.2. The second-order valence-corrected chi connectivity index (χ2v) is 7.16. The first-order chi connectivity index (χ1) is 13.4. The molecule has 2 aromatic rings. The van der Waals surface area contributed by atoms with Crippen LogP contribution in [0.1, 0.15) is 35.4 Å². The van der Waals surface area contributed by atoms with Crippen molar-refractivity contribution in [2.45, 2.75) is 46.3 Å². The highest BCUT2D eigenvalue weighted by molar-refractivity contribution is 6.10. The van der Waals surface area contributed by atoms with E-state index in [4.69, 9.17) is 4.74 Å². The van der Waals surface area contributed by atoms with Crippen LogP contribution in [-0.2, 0) is 16.1 Å². The molecule has 1 N–H and O–H groups in total. The minimum atomic E-state index is -0.513. The summed E-state index contributed by atoms with van der Waals surface area (Å²) in [6, 6.07) is 8.05. The third kappa shape index (κ3) is 4.32. The Kier molecular flexibility index (Phi) is 5.96. The number of nitriles is 1. The molecule has 0 aliphatic carbocycles. The van der Waals surface area contributed by atoms with Gasteiger partial charge < -0.3 is 14.6 Å². The van der Waals surface area contributed by atoms with Gasteiger partial charge in [0.05, 0.1) is 6.10 Å². The lowest BCUT2D eigenvalue weighted by Crippen LogP contribution is -2.17. The zero-order valence-corrected chi connectivity index (χ0v) is 16.4. The number of nitrogens with zero attached hydrogens (tertiary/aromatic N) is 2. The van der Waals surface area contributed by atoms with E-state index in [-0.39, 0.29) is 17.5 Å². The molecule has 5 nitrogen and oxygen atoms in total. The molecule has 1 aliphatic heterocycles. The summed E-state index contributed by atoms with van der Waals surface area (Å²) in [5, 5.41) is 12.2. The van der Waals surface area contributed by atoms with Gasteiger partial charge in [-0.2, -0.15) is 5.26 Å². The van der Waals surface area contributed by atoms with Crippen LogP contribution in [0.5, 0.6) is 0 Å². The van der Waals surface area contributed by atoms with E-state index in [0.29, 0.717) is 11.3 Å². The van der Waals surface area contributed by atoms with E-state index in [1.165, 1.54) is 18.2 Å². The standard InChI is InChI=1S/C22H24FN3O2/c1-14-9-19(23)6-7-21(14)25-22(27)18(12-24)11-17-10-15(2)26(16(17)3)13-20-5-4-8-28-20/h6-7,9-11,20H,4-5,8,13H2,1-3H3,(H,25,27)/b18-11+/t20-/m1/s1. The molecular weight excluding hydrogens is 357 g/mol. The quantitative estimate of drug-likeness (QED) is 0.621. The molecule has 146 valence electrons. The number of aryl methyl sites for hydroxylation is 2. The van der Waals surface area contributed by atoms with E-state index < -0.39 is 5.91 Å². The van der Waals surface area contributed by atoms with Crippen molar-refractivity contribution in [1.29, 1.82) is 5.26 Å². The summed E-state index contributed by atoms with van der Waals surface area (Å²) >= 11 is 0. The van der Waals surface area contributed by atoms with Crippen LogP contribution in [0.2, 0.25) is 0 Å².